The zero-order valence-electron chi connectivity index (χ0n) is 13.8. The lowest BCUT2D eigenvalue weighted by Crippen LogP contribution is -2.32. The lowest BCUT2D eigenvalue weighted by Gasteiger charge is -2.18. The minimum Gasteiger partial charge on any atom is -0.340 e. The summed E-state index contributed by atoms with van der Waals surface area (Å²) in [6.07, 6.45) is 3.31. The largest absolute Gasteiger partial charge is 0.340 e. The molecule has 3 rings (SSSR count). The van der Waals surface area contributed by atoms with Crippen LogP contribution in [0.5, 0.6) is 0 Å². The average Bonchev–Trinajstić information content (AvgIpc) is 3.10. The summed E-state index contributed by atoms with van der Waals surface area (Å²) in [7, 11) is 0. The molecular formula is C18H17ClN4O2. The summed E-state index contributed by atoms with van der Waals surface area (Å²) in [6.45, 7) is 3.93. The number of aromatic nitrogens is 3. The number of nitrogens with one attached hydrogen (secondary N) is 1. The van der Waals surface area contributed by atoms with E-state index in [0.29, 0.717) is 22.3 Å². The van der Waals surface area contributed by atoms with Crippen molar-refractivity contribution in [3.05, 3.63) is 65.3 Å². The topological polar surface area (TPSA) is 80.9 Å². The molecule has 1 amide bonds. The van der Waals surface area contributed by atoms with Crippen LogP contribution in [-0.2, 0) is 0 Å². The van der Waals surface area contributed by atoms with Gasteiger partial charge in [0, 0.05) is 18.0 Å². The zero-order chi connectivity index (χ0) is 17.8. The van der Waals surface area contributed by atoms with E-state index in [2.05, 4.69) is 20.4 Å². The van der Waals surface area contributed by atoms with Crippen LogP contribution in [0.3, 0.4) is 0 Å². The second-order valence-corrected chi connectivity index (χ2v) is 6.27. The van der Waals surface area contributed by atoms with Crippen LogP contribution in [0.4, 0.5) is 0 Å². The second-order valence-electron chi connectivity index (χ2n) is 5.87. The highest BCUT2D eigenvalue weighted by Gasteiger charge is 2.26. The number of hydrogen-bond acceptors (Lipinski definition) is 5. The number of halogens is 1. The molecular weight excluding hydrogens is 340 g/mol. The van der Waals surface area contributed by atoms with Crippen molar-refractivity contribution in [3.63, 3.8) is 0 Å². The van der Waals surface area contributed by atoms with E-state index in [0.717, 1.165) is 5.56 Å². The molecule has 128 valence electrons. The fraction of sp³-hybridized carbons (Fsp3) is 0.222. The number of pyridine rings is 1. The second kappa shape index (κ2) is 7.44. The van der Waals surface area contributed by atoms with Crippen molar-refractivity contribution in [2.24, 2.45) is 5.92 Å². The first-order valence-electron chi connectivity index (χ1n) is 7.85. The maximum absolute atomic E-state index is 12.5. The molecule has 3 aromatic rings. The summed E-state index contributed by atoms with van der Waals surface area (Å²) in [5.41, 5.74) is 1.20. The lowest BCUT2D eigenvalue weighted by atomic mass is 10.0. The molecule has 1 N–H and O–H groups in total. The summed E-state index contributed by atoms with van der Waals surface area (Å²) in [4.78, 5) is 20.9. The van der Waals surface area contributed by atoms with Crippen LogP contribution in [-0.4, -0.2) is 21.0 Å². The van der Waals surface area contributed by atoms with E-state index in [1.54, 1.807) is 48.8 Å². The lowest BCUT2D eigenvalue weighted by molar-refractivity contribution is 0.0914. The van der Waals surface area contributed by atoms with Crippen LogP contribution in [0.1, 0.15) is 36.1 Å². The van der Waals surface area contributed by atoms with E-state index in [1.165, 1.54) is 0 Å². The Hall–Kier alpha value is -2.73. The van der Waals surface area contributed by atoms with Crippen molar-refractivity contribution >= 4 is 17.5 Å². The Bertz CT molecular complexity index is 864. The fourth-order valence-corrected chi connectivity index (χ4v) is 2.58. The predicted octanol–water partition coefficient (Wildman–Crippen LogP) is 3.91. The summed E-state index contributed by atoms with van der Waals surface area (Å²) < 4.78 is 5.38. The van der Waals surface area contributed by atoms with Crippen molar-refractivity contribution in [1.29, 1.82) is 0 Å². The molecule has 0 saturated heterocycles. The average molecular weight is 357 g/mol. The number of amides is 1. The molecule has 1 unspecified atom stereocenters. The van der Waals surface area contributed by atoms with Crippen molar-refractivity contribution in [3.8, 4) is 11.4 Å². The Morgan fingerprint density at radius 1 is 1.16 bits per heavy atom. The number of nitrogens with zero attached hydrogens (tertiary/aromatic N) is 3. The number of hydrogen-bond donors (Lipinski definition) is 1. The maximum Gasteiger partial charge on any atom is 0.253 e. The molecule has 2 heterocycles. The van der Waals surface area contributed by atoms with E-state index in [4.69, 9.17) is 16.1 Å². The number of carbonyl (C=O) groups is 1. The Balaban J connectivity index is 1.84. The van der Waals surface area contributed by atoms with Crippen molar-refractivity contribution in [2.75, 3.05) is 0 Å². The molecule has 1 aromatic carbocycles. The van der Waals surface area contributed by atoms with Crippen molar-refractivity contribution in [1.82, 2.24) is 20.4 Å². The van der Waals surface area contributed by atoms with Crippen molar-refractivity contribution < 1.29 is 9.32 Å². The van der Waals surface area contributed by atoms with Gasteiger partial charge in [-0.1, -0.05) is 42.7 Å². The van der Waals surface area contributed by atoms with Gasteiger partial charge in [0.25, 0.3) is 5.91 Å². The van der Waals surface area contributed by atoms with Gasteiger partial charge in [0.2, 0.25) is 11.7 Å². The van der Waals surface area contributed by atoms with E-state index in [9.17, 15) is 4.79 Å². The van der Waals surface area contributed by atoms with Gasteiger partial charge < -0.3 is 9.84 Å². The first-order chi connectivity index (χ1) is 12.1. The quantitative estimate of drug-likeness (QED) is 0.749. The number of carbonyl (C=O) groups excluding carboxylic acids is 1. The Morgan fingerprint density at radius 3 is 2.56 bits per heavy atom. The Kier molecular flexibility index (Phi) is 5.09. The molecule has 0 saturated carbocycles. The van der Waals surface area contributed by atoms with Crippen LogP contribution in [0.25, 0.3) is 11.4 Å². The molecule has 0 spiro atoms. The molecule has 2 aromatic heterocycles. The van der Waals surface area contributed by atoms with Crippen LogP contribution < -0.4 is 5.32 Å². The zero-order valence-corrected chi connectivity index (χ0v) is 14.6. The standard InChI is InChI=1S/C18H17ClN4O2/c1-11(2)15(21-17(24)13-5-3-4-6-14(13)19)18-22-16(23-25-18)12-7-9-20-10-8-12/h3-11,15H,1-2H3,(H,21,24). The van der Waals surface area contributed by atoms with Gasteiger partial charge in [-0.2, -0.15) is 4.98 Å². The predicted molar refractivity (Wildman–Crippen MR) is 94.0 cm³/mol. The van der Waals surface area contributed by atoms with Gasteiger partial charge in [-0.3, -0.25) is 9.78 Å². The first-order valence-corrected chi connectivity index (χ1v) is 8.23. The van der Waals surface area contributed by atoms with Gasteiger partial charge in [0.05, 0.1) is 10.6 Å². The molecule has 0 aliphatic carbocycles. The molecule has 1 atom stereocenters. The summed E-state index contributed by atoms with van der Waals surface area (Å²) in [5.74, 6) is 0.572. The van der Waals surface area contributed by atoms with E-state index in [-0.39, 0.29) is 11.8 Å². The van der Waals surface area contributed by atoms with Gasteiger partial charge in [0.1, 0.15) is 6.04 Å². The van der Waals surface area contributed by atoms with Gasteiger partial charge >= 0.3 is 0 Å². The van der Waals surface area contributed by atoms with Crippen LogP contribution >= 0.6 is 11.6 Å². The molecule has 25 heavy (non-hydrogen) atoms. The third-order valence-electron chi connectivity index (χ3n) is 3.72. The van der Waals surface area contributed by atoms with Crippen LogP contribution in [0.15, 0.2) is 53.3 Å². The Labute approximate surface area is 150 Å². The maximum atomic E-state index is 12.5. The summed E-state index contributed by atoms with van der Waals surface area (Å²) in [6, 6.07) is 10.0. The first kappa shape index (κ1) is 17.1. The molecule has 0 radical (unpaired) electrons. The van der Waals surface area contributed by atoms with Gasteiger partial charge in [-0.05, 0) is 30.2 Å². The molecule has 7 heteroatoms. The smallest absolute Gasteiger partial charge is 0.253 e. The minimum absolute atomic E-state index is 0.0529. The number of benzene rings is 1. The fourth-order valence-electron chi connectivity index (χ4n) is 2.36. The van der Waals surface area contributed by atoms with Crippen LogP contribution in [0, 0.1) is 5.92 Å². The highest BCUT2D eigenvalue weighted by molar-refractivity contribution is 6.33. The van der Waals surface area contributed by atoms with E-state index >= 15 is 0 Å². The molecule has 0 aliphatic heterocycles. The van der Waals surface area contributed by atoms with Gasteiger partial charge in [-0.25, -0.2) is 0 Å². The third kappa shape index (κ3) is 3.85. The minimum atomic E-state index is -0.424. The van der Waals surface area contributed by atoms with Gasteiger partial charge in [0.15, 0.2) is 0 Å². The summed E-state index contributed by atoms with van der Waals surface area (Å²) in [5, 5.41) is 7.31. The monoisotopic (exact) mass is 356 g/mol. The normalized spacial score (nSPS) is 12.2. The molecule has 0 aliphatic rings. The Morgan fingerprint density at radius 2 is 1.88 bits per heavy atom. The number of rotatable bonds is 5. The van der Waals surface area contributed by atoms with Crippen LogP contribution in [0.2, 0.25) is 5.02 Å². The molecule has 0 bridgehead atoms. The molecule has 6 nitrogen and oxygen atoms in total. The van der Waals surface area contributed by atoms with Gasteiger partial charge in [-0.15, -0.1) is 0 Å². The third-order valence-corrected chi connectivity index (χ3v) is 4.05. The van der Waals surface area contributed by atoms with E-state index in [1.807, 2.05) is 13.8 Å². The highest BCUT2D eigenvalue weighted by atomic mass is 35.5. The van der Waals surface area contributed by atoms with E-state index < -0.39 is 6.04 Å². The molecule has 0 fully saturated rings. The summed E-state index contributed by atoms with van der Waals surface area (Å²) >= 11 is 6.09. The van der Waals surface area contributed by atoms with Crippen molar-refractivity contribution in [2.45, 2.75) is 19.9 Å². The SMILES string of the molecule is CC(C)C(NC(=O)c1ccccc1Cl)c1nc(-c2ccncc2)no1. The highest BCUT2D eigenvalue weighted by Crippen LogP contribution is 2.24.